The second-order valence-corrected chi connectivity index (χ2v) is 14.5. The molecule has 7 aromatic carbocycles. The fourth-order valence-corrected chi connectivity index (χ4v) is 7.64. The standard InChI is InChI=1S/C51H33F3N6/c1-32-22-25-44-39(28-32)40-30-38(51(52,53)54)24-27-45(40)60(44)46-26-23-37(50-58-48(35-18-10-4-11-19-35)57-49(59-50)36-20-12-5-13-21-36)29-41(46)43-31-42(33-14-6-2-7-15-33)55-47(56-43)34-16-8-3-9-17-34/h2-31H,1H3. The fraction of sp³-hybridized carbons (Fsp3) is 0.0392. The Hall–Kier alpha value is -7.78. The number of aromatic nitrogens is 6. The van der Waals surface area contributed by atoms with E-state index in [-0.39, 0.29) is 0 Å². The summed E-state index contributed by atoms with van der Waals surface area (Å²) in [6, 6.07) is 57.0. The second-order valence-electron chi connectivity index (χ2n) is 14.5. The minimum atomic E-state index is -4.51. The maximum Gasteiger partial charge on any atom is 0.416 e. The van der Waals surface area contributed by atoms with Crippen LogP contribution in [0.1, 0.15) is 11.1 Å². The predicted molar refractivity (Wildman–Crippen MR) is 232 cm³/mol. The molecule has 0 radical (unpaired) electrons. The van der Waals surface area contributed by atoms with Crippen LogP contribution in [-0.2, 0) is 6.18 Å². The highest BCUT2D eigenvalue weighted by molar-refractivity contribution is 6.10. The van der Waals surface area contributed by atoms with Gasteiger partial charge in [-0.15, -0.1) is 0 Å². The molecule has 60 heavy (non-hydrogen) atoms. The minimum absolute atomic E-state index is 0.448. The summed E-state index contributed by atoms with van der Waals surface area (Å²) in [5.74, 6) is 2.00. The highest BCUT2D eigenvalue weighted by Gasteiger charge is 2.31. The van der Waals surface area contributed by atoms with Crippen molar-refractivity contribution >= 4 is 21.8 Å². The SMILES string of the molecule is Cc1ccc2c(c1)c1cc(C(F)(F)F)ccc1n2-c1ccc(-c2nc(-c3ccccc3)nc(-c3ccccc3)n2)cc1-c1cc(-c2ccccc2)nc(-c2ccccc2)n1. The molecule has 0 amide bonds. The van der Waals surface area contributed by atoms with Crippen LogP contribution in [0.25, 0.3) is 95.6 Å². The summed E-state index contributed by atoms with van der Waals surface area (Å²) >= 11 is 0. The van der Waals surface area contributed by atoms with Gasteiger partial charge in [-0.25, -0.2) is 24.9 Å². The van der Waals surface area contributed by atoms with Crippen molar-refractivity contribution in [3.8, 4) is 73.8 Å². The van der Waals surface area contributed by atoms with E-state index in [4.69, 9.17) is 24.9 Å². The molecule has 0 bridgehead atoms. The molecule has 0 aliphatic heterocycles. The third-order valence-electron chi connectivity index (χ3n) is 10.5. The number of aryl methyl sites for hydroxylation is 1. The van der Waals surface area contributed by atoms with Gasteiger partial charge < -0.3 is 4.57 Å². The average molecular weight is 787 g/mol. The number of alkyl halides is 3. The molecule has 3 aromatic heterocycles. The zero-order valence-electron chi connectivity index (χ0n) is 32.1. The van der Waals surface area contributed by atoms with Gasteiger partial charge in [0.25, 0.3) is 0 Å². The molecule has 3 heterocycles. The molecule has 9 heteroatoms. The molecule has 0 fully saturated rings. The minimum Gasteiger partial charge on any atom is -0.309 e. The Morgan fingerprint density at radius 2 is 0.867 bits per heavy atom. The molecular formula is C51H33F3N6. The molecule has 10 aromatic rings. The van der Waals surface area contributed by atoms with Gasteiger partial charge in [-0.1, -0.05) is 133 Å². The molecule has 0 spiro atoms. The monoisotopic (exact) mass is 786 g/mol. The van der Waals surface area contributed by atoms with Gasteiger partial charge in [0.15, 0.2) is 23.3 Å². The number of nitrogens with zero attached hydrogens (tertiary/aromatic N) is 6. The van der Waals surface area contributed by atoms with Crippen molar-refractivity contribution in [3.05, 3.63) is 193 Å². The van der Waals surface area contributed by atoms with Crippen molar-refractivity contribution in [1.82, 2.24) is 29.5 Å². The maximum absolute atomic E-state index is 14.2. The second kappa shape index (κ2) is 14.9. The van der Waals surface area contributed by atoms with Crippen LogP contribution in [0.3, 0.4) is 0 Å². The topological polar surface area (TPSA) is 69.4 Å². The molecular weight excluding hydrogens is 754 g/mol. The summed E-state index contributed by atoms with van der Waals surface area (Å²) < 4.78 is 44.6. The first-order valence-corrected chi connectivity index (χ1v) is 19.4. The van der Waals surface area contributed by atoms with Crippen LogP contribution in [0, 0.1) is 6.92 Å². The quantitative estimate of drug-likeness (QED) is 0.161. The van der Waals surface area contributed by atoms with E-state index in [2.05, 4.69) is 0 Å². The molecule has 6 nitrogen and oxygen atoms in total. The van der Waals surface area contributed by atoms with Crippen molar-refractivity contribution in [2.75, 3.05) is 0 Å². The number of hydrogen-bond acceptors (Lipinski definition) is 5. The van der Waals surface area contributed by atoms with E-state index in [1.807, 2.05) is 175 Å². The highest BCUT2D eigenvalue weighted by atomic mass is 19.4. The van der Waals surface area contributed by atoms with Crippen molar-refractivity contribution in [2.24, 2.45) is 0 Å². The van der Waals surface area contributed by atoms with Crippen molar-refractivity contribution in [3.63, 3.8) is 0 Å². The van der Waals surface area contributed by atoms with Gasteiger partial charge in [0.1, 0.15) is 0 Å². The van der Waals surface area contributed by atoms with E-state index < -0.39 is 11.7 Å². The smallest absolute Gasteiger partial charge is 0.309 e. The Morgan fingerprint density at radius 1 is 0.400 bits per heavy atom. The van der Waals surface area contributed by atoms with E-state index in [0.717, 1.165) is 39.4 Å². The van der Waals surface area contributed by atoms with Crippen molar-refractivity contribution < 1.29 is 13.2 Å². The molecule has 0 N–H and O–H groups in total. The van der Waals surface area contributed by atoms with E-state index in [1.165, 1.54) is 6.07 Å². The maximum atomic E-state index is 14.2. The zero-order valence-corrected chi connectivity index (χ0v) is 32.1. The Labute approximate surface area is 343 Å². The lowest BCUT2D eigenvalue weighted by Gasteiger charge is -2.17. The zero-order chi connectivity index (χ0) is 40.8. The average Bonchev–Trinajstić information content (AvgIpc) is 3.62. The summed E-state index contributed by atoms with van der Waals surface area (Å²) in [4.78, 5) is 25.2. The Bertz CT molecular complexity index is 3070. The summed E-state index contributed by atoms with van der Waals surface area (Å²) in [5.41, 5.74) is 8.43. The van der Waals surface area contributed by atoms with Gasteiger partial charge in [-0.2, -0.15) is 13.2 Å². The van der Waals surface area contributed by atoms with Crippen LogP contribution in [0.15, 0.2) is 182 Å². The molecule has 0 saturated heterocycles. The van der Waals surface area contributed by atoms with Gasteiger partial charge in [0.2, 0.25) is 0 Å². The van der Waals surface area contributed by atoms with Crippen LogP contribution in [0.4, 0.5) is 13.2 Å². The van der Waals surface area contributed by atoms with Crippen molar-refractivity contribution in [2.45, 2.75) is 13.1 Å². The Balaban J connectivity index is 1.28. The first-order valence-electron chi connectivity index (χ1n) is 19.4. The lowest BCUT2D eigenvalue weighted by Crippen LogP contribution is -2.05. The first kappa shape index (κ1) is 36.6. The Kier molecular flexibility index (Phi) is 9.06. The summed E-state index contributed by atoms with van der Waals surface area (Å²) in [6.45, 7) is 1.94. The third-order valence-corrected chi connectivity index (χ3v) is 10.5. The van der Waals surface area contributed by atoms with Gasteiger partial charge in [0, 0.05) is 44.2 Å². The van der Waals surface area contributed by atoms with Gasteiger partial charge in [0.05, 0.1) is 33.7 Å². The summed E-state index contributed by atoms with van der Waals surface area (Å²) in [7, 11) is 0. The van der Waals surface area contributed by atoms with Crippen LogP contribution in [-0.4, -0.2) is 29.5 Å². The van der Waals surface area contributed by atoms with E-state index in [0.29, 0.717) is 67.8 Å². The largest absolute Gasteiger partial charge is 0.416 e. The molecule has 0 atom stereocenters. The number of rotatable bonds is 7. The van der Waals surface area contributed by atoms with Gasteiger partial charge >= 0.3 is 6.18 Å². The molecule has 0 aliphatic carbocycles. The normalized spacial score (nSPS) is 11.7. The van der Waals surface area contributed by atoms with E-state index in [9.17, 15) is 13.2 Å². The Morgan fingerprint density at radius 3 is 1.42 bits per heavy atom. The number of hydrogen-bond donors (Lipinski definition) is 0. The van der Waals surface area contributed by atoms with Gasteiger partial charge in [-0.05, 0) is 61.5 Å². The molecule has 288 valence electrons. The number of benzene rings is 7. The lowest BCUT2D eigenvalue weighted by molar-refractivity contribution is -0.137. The summed E-state index contributed by atoms with van der Waals surface area (Å²) in [5, 5.41) is 1.20. The lowest BCUT2D eigenvalue weighted by atomic mass is 10.0. The highest BCUT2D eigenvalue weighted by Crippen LogP contribution is 2.41. The van der Waals surface area contributed by atoms with Crippen LogP contribution in [0.2, 0.25) is 0 Å². The first-order chi connectivity index (χ1) is 29.3. The molecule has 10 rings (SSSR count). The molecule has 0 aliphatic rings. The summed E-state index contributed by atoms with van der Waals surface area (Å²) in [6.07, 6.45) is -4.51. The van der Waals surface area contributed by atoms with Crippen LogP contribution >= 0.6 is 0 Å². The van der Waals surface area contributed by atoms with Crippen molar-refractivity contribution in [1.29, 1.82) is 0 Å². The molecule has 0 unspecified atom stereocenters. The van der Waals surface area contributed by atoms with Gasteiger partial charge in [-0.3, -0.25) is 0 Å². The van der Waals surface area contributed by atoms with Crippen LogP contribution < -0.4 is 0 Å². The fourth-order valence-electron chi connectivity index (χ4n) is 7.64. The number of fused-ring (bicyclic) bond motifs is 3. The van der Waals surface area contributed by atoms with E-state index in [1.54, 1.807) is 6.07 Å². The van der Waals surface area contributed by atoms with E-state index >= 15 is 0 Å². The molecule has 0 saturated carbocycles. The predicted octanol–water partition coefficient (Wildman–Crippen LogP) is 13.1. The van der Waals surface area contributed by atoms with Crippen LogP contribution in [0.5, 0.6) is 0 Å². The third kappa shape index (κ3) is 6.86. The number of halogens is 3.